The maximum Gasteiger partial charge on any atom is 0.258 e. The smallest absolute Gasteiger partial charge is 0.258 e. The van der Waals surface area contributed by atoms with Gasteiger partial charge in [-0.3, -0.25) is 9.59 Å². The molecule has 4 nitrogen and oxygen atoms in total. The van der Waals surface area contributed by atoms with Crippen LogP contribution in [0.25, 0.3) is 0 Å². The number of halogens is 1. The Morgan fingerprint density at radius 1 is 0.967 bits per heavy atom. The van der Waals surface area contributed by atoms with Gasteiger partial charge < -0.3 is 10.2 Å². The topological polar surface area (TPSA) is 49.4 Å². The molecule has 0 aliphatic carbocycles. The maximum absolute atomic E-state index is 13.1. The standard InChI is InChI=1S/C24H23ClN2O2S/c1-15-6-7-18(13-16(15)2)23(28)26-19-10-8-17(9-11-19)24(29)27-12-4-3-5-21-20(27)14-22(25)30-21/h6-11,13-14H,3-5,12H2,1-2H3,(H,26,28). The highest BCUT2D eigenvalue weighted by Crippen LogP contribution is 2.37. The molecule has 6 heteroatoms. The van der Waals surface area contributed by atoms with Gasteiger partial charge in [-0.05, 0) is 86.7 Å². The fraction of sp³-hybridized carbons (Fsp3) is 0.250. The van der Waals surface area contributed by atoms with Gasteiger partial charge in [0.15, 0.2) is 0 Å². The predicted octanol–water partition coefficient (Wildman–Crippen LogP) is 6.25. The summed E-state index contributed by atoms with van der Waals surface area (Å²) in [5.74, 6) is -0.207. The molecule has 0 unspecified atom stereocenters. The third-order valence-electron chi connectivity index (χ3n) is 5.49. The summed E-state index contributed by atoms with van der Waals surface area (Å²) in [6.07, 6.45) is 2.98. The van der Waals surface area contributed by atoms with Crippen LogP contribution in [-0.2, 0) is 6.42 Å². The minimum Gasteiger partial charge on any atom is -0.322 e. The molecule has 0 spiro atoms. The molecule has 1 aliphatic rings. The second kappa shape index (κ2) is 8.62. The van der Waals surface area contributed by atoms with Crippen molar-refractivity contribution in [2.75, 3.05) is 16.8 Å². The quantitative estimate of drug-likeness (QED) is 0.525. The second-order valence-electron chi connectivity index (χ2n) is 7.60. The van der Waals surface area contributed by atoms with Gasteiger partial charge in [0.2, 0.25) is 0 Å². The number of hydrogen-bond acceptors (Lipinski definition) is 3. The Morgan fingerprint density at radius 2 is 1.70 bits per heavy atom. The molecule has 2 aromatic carbocycles. The monoisotopic (exact) mass is 438 g/mol. The third-order valence-corrected chi connectivity index (χ3v) is 6.80. The van der Waals surface area contributed by atoms with Crippen LogP contribution in [-0.4, -0.2) is 18.4 Å². The van der Waals surface area contributed by atoms with Crippen molar-refractivity contribution in [1.29, 1.82) is 0 Å². The van der Waals surface area contributed by atoms with E-state index in [0.29, 0.717) is 27.7 Å². The minimum atomic E-state index is -0.165. The van der Waals surface area contributed by atoms with E-state index in [1.807, 2.05) is 43.0 Å². The summed E-state index contributed by atoms with van der Waals surface area (Å²) in [6.45, 7) is 4.69. The number of hydrogen-bond donors (Lipinski definition) is 1. The molecule has 4 rings (SSSR count). The fourth-order valence-electron chi connectivity index (χ4n) is 3.62. The molecule has 2 amide bonds. The van der Waals surface area contributed by atoms with Crippen molar-refractivity contribution in [2.45, 2.75) is 33.1 Å². The Bertz CT molecular complexity index is 1100. The molecular formula is C24H23ClN2O2S. The molecule has 0 saturated carbocycles. The summed E-state index contributed by atoms with van der Waals surface area (Å²) in [4.78, 5) is 28.7. The van der Waals surface area contributed by atoms with Gasteiger partial charge in [0, 0.05) is 28.2 Å². The van der Waals surface area contributed by atoms with E-state index in [1.54, 1.807) is 35.6 Å². The Labute approximate surface area is 185 Å². The van der Waals surface area contributed by atoms with Gasteiger partial charge in [0.25, 0.3) is 11.8 Å². The van der Waals surface area contributed by atoms with E-state index in [-0.39, 0.29) is 11.8 Å². The Morgan fingerprint density at radius 3 is 2.43 bits per heavy atom. The molecular weight excluding hydrogens is 416 g/mol. The van der Waals surface area contributed by atoms with Crippen LogP contribution in [0.5, 0.6) is 0 Å². The van der Waals surface area contributed by atoms with E-state index in [4.69, 9.17) is 11.6 Å². The van der Waals surface area contributed by atoms with Crippen LogP contribution in [0.2, 0.25) is 4.34 Å². The van der Waals surface area contributed by atoms with Crippen molar-refractivity contribution in [3.63, 3.8) is 0 Å². The highest BCUT2D eigenvalue weighted by molar-refractivity contribution is 7.16. The number of anilines is 2. The van der Waals surface area contributed by atoms with Crippen LogP contribution >= 0.6 is 22.9 Å². The summed E-state index contributed by atoms with van der Waals surface area (Å²) in [5.41, 5.74) is 5.02. The average Bonchev–Trinajstić information content (AvgIpc) is 2.99. The molecule has 30 heavy (non-hydrogen) atoms. The lowest BCUT2D eigenvalue weighted by Crippen LogP contribution is -2.31. The lowest BCUT2D eigenvalue weighted by molar-refractivity contribution is 0.0986. The Balaban J connectivity index is 1.50. The minimum absolute atomic E-state index is 0.0420. The van der Waals surface area contributed by atoms with Gasteiger partial charge in [-0.15, -0.1) is 11.3 Å². The zero-order chi connectivity index (χ0) is 21.3. The summed E-state index contributed by atoms with van der Waals surface area (Å²) >= 11 is 7.75. The van der Waals surface area contributed by atoms with Crippen molar-refractivity contribution in [1.82, 2.24) is 0 Å². The number of thiophene rings is 1. The van der Waals surface area contributed by atoms with E-state index in [0.717, 1.165) is 36.1 Å². The van der Waals surface area contributed by atoms with Gasteiger partial charge in [-0.25, -0.2) is 0 Å². The number of aryl methyl sites for hydroxylation is 3. The number of benzene rings is 2. The normalized spacial score (nSPS) is 13.5. The van der Waals surface area contributed by atoms with E-state index >= 15 is 0 Å². The molecule has 3 aromatic rings. The molecule has 0 atom stereocenters. The lowest BCUT2D eigenvalue weighted by Gasteiger charge is -2.21. The number of rotatable bonds is 3. The second-order valence-corrected chi connectivity index (χ2v) is 9.37. The van der Waals surface area contributed by atoms with E-state index in [1.165, 1.54) is 4.88 Å². The Hall–Kier alpha value is -2.63. The van der Waals surface area contributed by atoms with E-state index < -0.39 is 0 Å². The highest BCUT2D eigenvalue weighted by atomic mass is 35.5. The molecule has 0 saturated heterocycles. The summed E-state index contributed by atoms with van der Waals surface area (Å²) < 4.78 is 0.712. The average molecular weight is 439 g/mol. The first-order chi connectivity index (χ1) is 14.4. The maximum atomic E-state index is 13.1. The molecule has 2 heterocycles. The number of carbonyl (C=O) groups is 2. The lowest BCUT2D eigenvalue weighted by atomic mass is 10.1. The highest BCUT2D eigenvalue weighted by Gasteiger charge is 2.24. The zero-order valence-electron chi connectivity index (χ0n) is 17.0. The molecule has 154 valence electrons. The van der Waals surface area contributed by atoms with Crippen molar-refractivity contribution in [2.24, 2.45) is 0 Å². The Kier molecular flexibility index (Phi) is 5.93. The van der Waals surface area contributed by atoms with Gasteiger partial charge >= 0.3 is 0 Å². The first kappa shape index (κ1) is 20.6. The van der Waals surface area contributed by atoms with Gasteiger partial charge in [0.1, 0.15) is 0 Å². The van der Waals surface area contributed by atoms with Crippen molar-refractivity contribution >= 4 is 46.1 Å². The molecule has 0 bridgehead atoms. The number of nitrogens with zero attached hydrogens (tertiary/aromatic N) is 1. The van der Waals surface area contributed by atoms with Crippen molar-refractivity contribution < 1.29 is 9.59 Å². The van der Waals surface area contributed by atoms with E-state index in [9.17, 15) is 9.59 Å². The summed E-state index contributed by atoms with van der Waals surface area (Å²) in [5, 5.41) is 2.90. The van der Waals surface area contributed by atoms with Crippen molar-refractivity contribution in [3.8, 4) is 0 Å². The van der Waals surface area contributed by atoms with Gasteiger partial charge in [0.05, 0.1) is 10.0 Å². The summed E-state index contributed by atoms with van der Waals surface area (Å²) in [7, 11) is 0. The molecule has 0 radical (unpaired) electrons. The van der Waals surface area contributed by atoms with Crippen molar-refractivity contribution in [3.05, 3.63) is 80.0 Å². The van der Waals surface area contributed by atoms with Crippen LogP contribution in [0.4, 0.5) is 11.4 Å². The first-order valence-corrected chi connectivity index (χ1v) is 11.2. The van der Waals surface area contributed by atoms with Crippen LogP contribution in [0.1, 0.15) is 49.6 Å². The fourth-order valence-corrected chi connectivity index (χ4v) is 4.93. The number of nitrogens with one attached hydrogen (secondary N) is 1. The SMILES string of the molecule is Cc1ccc(C(=O)Nc2ccc(C(=O)N3CCCCc4sc(Cl)cc43)cc2)cc1C. The molecule has 1 aliphatic heterocycles. The molecule has 1 aromatic heterocycles. The molecule has 1 N–H and O–H groups in total. The van der Waals surface area contributed by atoms with Crippen LogP contribution in [0, 0.1) is 13.8 Å². The number of carbonyl (C=O) groups excluding carboxylic acids is 2. The largest absolute Gasteiger partial charge is 0.322 e. The first-order valence-electron chi connectivity index (χ1n) is 10.0. The number of fused-ring (bicyclic) bond motifs is 1. The van der Waals surface area contributed by atoms with Gasteiger partial charge in [-0.1, -0.05) is 17.7 Å². The zero-order valence-corrected chi connectivity index (χ0v) is 18.6. The van der Waals surface area contributed by atoms with Crippen LogP contribution < -0.4 is 10.2 Å². The van der Waals surface area contributed by atoms with Gasteiger partial charge in [-0.2, -0.15) is 0 Å². The van der Waals surface area contributed by atoms with E-state index in [2.05, 4.69) is 5.32 Å². The van der Waals surface area contributed by atoms with Crippen LogP contribution in [0.3, 0.4) is 0 Å². The number of amides is 2. The third kappa shape index (κ3) is 4.27. The van der Waals surface area contributed by atoms with Crippen LogP contribution in [0.15, 0.2) is 48.5 Å². The summed E-state index contributed by atoms with van der Waals surface area (Å²) in [6, 6.07) is 14.6. The molecule has 0 fully saturated rings. The predicted molar refractivity (Wildman–Crippen MR) is 124 cm³/mol.